The number of nitrogens with zero attached hydrogens (tertiary/aromatic N) is 3. The van der Waals surface area contributed by atoms with Gasteiger partial charge in [-0.05, 0) is 38.1 Å². The van der Waals surface area contributed by atoms with Crippen molar-refractivity contribution >= 4 is 45.3 Å². The van der Waals surface area contributed by atoms with E-state index >= 15 is 0 Å². The fraction of sp³-hybridized carbons (Fsp3) is 0.435. The Hall–Kier alpha value is -2.98. The van der Waals surface area contributed by atoms with Gasteiger partial charge in [0.25, 0.3) is 6.43 Å². The van der Waals surface area contributed by atoms with Crippen LogP contribution in [-0.2, 0) is 20.8 Å². The number of esters is 1. The largest absolute Gasteiger partial charge is 0.490 e. The highest BCUT2D eigenvalue weighted by Gasteiger charge is 2.22. The zero-order valence-electron chi connectivity index (χ0n) is 19.1. The van der Waals surface area contributed by atoms with E-state index in [4.69, 9.17) is 25.8 Å². The van der Waals surface area contributed by atoms with E-state index in [9.17, 15) is 18.4 Å². The van der Waals surface area contributed by atoms with E-state index in [0.29, 0.717) is 0 Å². The van der Waals surface area contributed by atoms with Crippen LogP contribution in [0.5, 0.6) is 5.75 Å². The van der Waals surface area contributed by atoms with E-state index in [1.54, 1.807) is 26.0 Å². The molecular formula is C23H26ClF2N3O5. The van der Waals surface area contributed by atoms with Crippen molar-refractivity contribution in [2.45, 2.75) is 26.8 Å². The topological polar surface area (TPSA) is 82.9 Å². The molecule has 0 aliphatic rings. The lowest BCUT2D eigenvalue weighted by Gasteiger charge is -2.24. The van der Waals surface area contributed by atoms with Crippen molar-refractivity contribution in [1.29, 1.82) is 0 Å². The molecule has 1 aromatic carbocycles. The van der Waals surface area contributed by atoms with Gasteiger partial charge in [-0.25, -0.2) is 13.8 Å². The number of ether oxygens (including phenoxy) is 3. The molecule has 0 bridgehead atoms. The van der Waals surface area contributed by atoms with E-state index < -0.39 is 18.9 Å². The van der Waals surface area contributed by atoms with Gasteiger partial charge in [0.15, 0.2) is 11.2 Å². The molecule has 2 heterocycles. The van der Waals surface area contributed by atoms with E-state index in [1.165, 1.54) is 28.7 Å². The predicted molar refractivity (Wildman–Crippen MR) is 126 cm³/mol. The quantitative estimate of drug-likeness (QED) is 0.293. The van der Waals surface area contributed by atoms with E-state index in [0.717, 1.165) is 0 Å². The van der Waals surface area contributed by atoms with Crippen molar-refractivity contribution in [2.24, 2.45) is 0 Å². The molecule has 2 aromatic heterocycles. The molecule has 0 saturated carbocycles. The molecule has 0 fully saturated rings. The van der Waals surface area contributed by atoms with Crippen LogP contribution in [0.3, 0.4) is 0 Å². The van der Waals surface area contributed by atoms with Gasteiger partial charge in [0.1, 0.15) is 18.0 Å². The molecule has 0 aliphatic carbocycles. The fourth-order valence-corrected chi connectivity index (χ4v) is 3.89. The van der Waals surface area contributed by atoms with Gasteiger partial charge in [0.2, 0.25) is 0 Å². The monoisotopic (exact) mass is 497 g/mol. The number of carbonyl (C=O) groups is 1. The van der Waals surface area contributed by atoms with Crippen LogP contribution in [0.4, 0.5) is 14.6 Å². The number of aromatic nitrogens is 2. The summed E-state index contributed by atoms with van der Waals surface area (Å²) in [7, 11) is 1.47. The van der Waals surface area contributed by atoms with Gasteiger partial charge in [-0.15, -0.1) is 0 Å². The Morgan fingerprint density at radius 1 is 1.18 bits per heavy atom. The van der Waals surface area contributed by atoms with E-state index in [-0.39, 0.29) is 76.9 Å². The lowest BCUT2D eigenvalue weighted by atomic mass is 10.1. The van der Waals surface area contributed by atoms with Gasteiger partial charge >= 0.3 is 5.97 Å². The van der Waals surface area contributed by atoms with Crippen LogP contribution < -0.4 is 15.1 Å². The number of anilines is 1. The van der Waals surface area contributed by atoms with Crippen molar-refractivity contribution in [2.75, 3.05) is 44.9 Å². The Kier molecular flexibility index (Phi) is 8.62. The molecular weight excluding hydrogens is 472 g/mol. The molecule has 184 valence electrons. The average molecular weight is 498 g/mol. The molecule has 3 aromatic rings. The van der Waals surface area contributed by atoms with Crippen molar-refractivity contribution in [3.05, 3.63) is 39.5 Å². The number of carbonyl (C=O) groups excluding carboxylic acids is 1. The van der Waals surface area contributed by atoms with Crippen LogP contribution in [0.25, 0.3) is 21.9 Å². The highest BCUT2D eigenvalue weighted by atomic mass is 35.5. The third-order valence-electron chi connectivity index (χ3n) is 5.09. The molecule has 0 unspecified atom stereocenters. The molecule has 3 rings (SSSR count). The SMILES string of the molecule is CCOC(=O)Cn1c2nc(N(CCOC)CC(F)F)ccc2c(=O)c2ccc(Cl)c(OCC)c21. The molecule has 0 aliphatic heterocycles. The van der Waals surface area contributed by atoms with Crippen LogP contribution in [-0.4, -0.2) is 62.0 Å². The maximum Gasteiger partial charge on any atom is 0.326 e. The van der Waals surface area contributed by atoms with Crippen molar-refractivity contribution < 1.29 is 27.8 Å². The zero-order chi connectivity index (χ0) is 24.8. The van der Waals surface area contributed by atoms with Crippen LogP contribution in [0.15, 0.2) is 29.1 Å². The summed E-state index contributed by atoms with van der Waals surface area (Å²) in [4.78, 5) is 31.7. The summed E-state index contributed by atoms with van der Waals surface area (Å²) >= 11 is 6.37. The highest BCUT2D eigenvalue weighted by Crippen LogP contribution is 2.34. The Morgan fingerprint density at radius 2 is 1.91 bits per heavy atom. The molecule has 0 radical (unpaired) electrons. The summed E-state index contributed by atoms with van der Waals surface area (Å²) in [6.07, 6.45) is -2.61. The molecule has 8 nitrogen and oxygen atoms in total. The normalized spacial score (nSPS) is 11.4. The maximum atomic E-state index is 13.3. The number of methoxy groups -OCH3 is 1. The first-order valence-corrected chi connectivity index (χ1v) is 11.2. The molecule has 0 spiro atoms. The number of pyridine rings is 2. The van der Waals surface area contributed by atoms with Gasteiger partial charge in [0.05, 0.1) is 47.7 Å². The number of hydrogen-bond acceptors (Lipinski definition) is 7. The standard InChI is InChI=1S/C23H26ClF2N3O5/c1-4-33-19(30)13-29-20-14(6-8-16(24)22(20)34-5-2)21(31)15-7-9-18(27-23(15)29)28(10-11-32-3)12-17(25)26/h6-9,17H,4-5,10-13H2,1-3H3. The van der Waals surface area contributed by atoms with Crippen LogP contribution in [0.1, 0.15) is 13.8 Å². The number of hydrogen-bond donors (Lipinski definition) is 0. The molecule has 11 heteroatoms. The van der Waals surface area contributed by atoms with Crippen LogP contribution in [0, 0.1) is 0 Å². The van der Waals surface area contributed by atoms with Crippen molar-refractivity contribution in [3.63, 3.8) is 0 Å². The van der Waals surface area contributed by atoms with Gasteiger partial charge in [0, 0.05) is 13.7 Å². The van der Waals surface area contributed by atoms with Crippen molar-refractivity contribution in [1.82, 2.24) is 9.55 Å². The third-order valence-corrected chi connectivity index (χ3v) is 5.39. The summed E-state index contributed by atoms with van der Waals surface area (Å²) in [5.74, 6) is -0.130. The average Bonchev–Trinajstić information content (AvgIpc) is 2.80. The second-order valence-corrected chi connectivity index (χ2v) is 7.70. The fourth-order valence-electron chi connectivity index (χ4n) is 3.68. The second kappa shape index (κ2) is 11.4. The van der Waals surface area contributed by atoms with Gasteiger partial charge in [-0.3, -0.25) is 9.59 Å². The minimum absolute atomic E-state index is 0.128. The van der Waals surface area contributed by atoms with E-state index in [2.05, 4.69) is 4.98 Å². The van der Waals surface area contributed by atoms with Gasteiger partial charge < -0.3 is 23.7 Å². The number of fused-ring (bicyclic) bond motifs is 2. The molecule has 0 atom stereocenters. The summed E-state index contributed by atoms with van der Waals surface area (Å²) in [5.41, 5.74) is 0.0592. The van der Waals surface area contributed by atoms with Gasteiger partial charge in [-0.1, -0.05) is 11.6 Å². The molecule has 34 heavy (non-hydrogen) atoms. The van der Waals surface area contributed by atoms with Crippen molar-refractivity contribution in [3.8, 4) is 5.75 Å². The van der Waals surface area contributed by atoms with Gasteiger partial charge in [-0.2, -0.15) is 0 Å². The Bertz CT molecular complexity index is 1230. The second-order valence-electron chi connectivity index (χ2n) is 7.30. The Morgan fingerprint density at radius 3 is 2.56 bits per heavy atom. The van der Waals surface area contributed by atoms with Crippen LogP contribution >= 0.6 is 11.6 Å². The maximum absolute atomic E-state index is 13.3. The minimum Gasteiger partial charge on any atom is -0.490 e. The third kappa shape index (κ3) is 5.39. The first-order valence-electron chi connectivity index (χ1n) is 10.8. The zero-order valence-corrected chi connectivity index (χ0v) is 19.9. The van der Waals surface area contributed by atoms with Crippen LogP contribution in [0.2, 0.25) is 5.02 Å². The summed E-state index contributed by atoms with van der Waals surface area (Å²) in [5, 5.41) is 0.748. The summed E-state index contributed by atoms with van der Waals surface area (Å²) in [6, 6.07) is 6.12. The lowest BCUT2D eigenvalue weighted by Crippen LogP contribution is -2.33. The Balaban J connectivity index is 2.36. The number of alkyl halides is 2. The minimum atomic E-state index is -2.61. The number of benzene rings is 1. The molecule has 0 amide bonds. The summed E-state index contributed by atoms with van der Waals surface area (Å²) < 4.78 is 43.9. The molecule has 0 N–H and O–H groups in total. The first kappa shape index (κ1) is 25.6. The highest BCUT2D eigenvalue weighted by molar-refractivity contribution is 6.33. The lowest BCUT2D eigenvalue weighted by molar-refractivity contribution is -0.143. The molecule has 0 saturated heterocycles. The smallest absolute Gasteiger partial charge is 0.326 e. The first-order chi connectivity index (χ1) is 16.3. The number of halogens is 3. The predicted octanol–water partition coefficient (Wildman–Crippen LogP) is 3.88. The number of rotatable bonds is 11. The Labute approximate surface area is 200 Å². The van der Waals surface area contributed by atoms with E-state index in [1.807, 2.05) is 0 Å². The summed E-state index contributed by atoms with van der Waals surface area (Å²) in [6.45, 7) is 3.35.